The van der Waals surface area contributed by atoms with Crippen molar-refractivity contribution in [1.29, 1.82) is 0 Å². The number of carbonyl (C=O) groups excluding carboxylic acids is 1. The Bertz CT molecular complexity index is 436. The van der Waals surface area contributed by atoms with Crippen molar-refractivity contribution in [3.63, 3.8) is 0 Å². The lowest BCUT2D eigenvalue weighted by Gasteiger charge is -2.20. The molecule has 19 heavy (non-hydrogen) atoms. The molecule has 1 saturated heterocycles. The number of amides is 1. The van der Waals surface area contributed by atoms with Gasteiger partial charge in [0, 0.05) is 17.1 Å². The van der Waals surface area contributed by atoms with Crippen LogP contribution in [0.1, 0.15) is 17.2 Å². The average molecular weight is 343 g/mol. The van der Waals surface area contributed by atoms with E-state index in [1.165, 1.54) is 0 Å². The molecule has 0 radical (unpaired) electrons. The minimum Gasteiger partial charge on any atom is -0.351 e. The molecule has 5 heteroatoms. The Labute approximate surface area is 127 Å². The Balaban J connectivity index is 2.07. The van der Waals surface area contributed by atoms with Gasteiger partial charge in [-0.1, -0.05) is 28.1 Å². The molecule has 1 aromatic carbocycles. The van der Waals surface area contributed by atoms with Gasteiger partial charge in [-0.2, -0.15) is 0 Å². The van der Waals surface area contributed by atoms with Crippen molar-refractivity contribution < 1.29 is 4.79 Å². The number of hydrogen-bond donors (Lipinski definition) is 1. The van der Waals surface area contributed by atoms with Gasteiger partial charge in [0.05, 0.1) is 0 Å². The van der Waals surface area contributed by atoms with E-state index in [1.54, 1.807) is 11.8 Å². The molecular weight excluding hydrogens is 324 g/mol. The van der Waals surface area contributed by atoms with E-state index in [-0.39, 0.29) is 17.2 Å². The van der Waals surface area contributed by atoms with Crippen LogP contribution >= 0.6 is 27.7 Å². The monoisotopic (exact) mass is 342 g/mol. The van der Waals surface area contributed by atoms with Gasteiger partial charge in [0.1, 0.15) is 5.25 Å². The van der Waals surface area contributed by atoms with E-state index in [0.29, 0.717) is 0 Å². The topological polar surface area (TPSA) is 32.3 Å². The number of likely N-dealkylation sites (N-methyl/N-ethyl adjacent to an activating group) is 1. The molecule has 0 aliphatic carbocycles. The summed E-state index contributed by atoms with van der Waals surface area (Å²) in [4.78, 5) is 14.4. The summed E-state index contributed by atoms with van der Waals surface area (Å²) in [6.45, 7) is 0.902. The lowest BCUT2D eigenvalue weighted by atomic mass is 10.1. The number of nitrogens with one attached hydrogen (secondary N) is 1. The number of carbonyl (C=O) groups is 1. The molecule has 104 valence electrons. The molecule has 0 unspecified atom stereocenters. The maximum atomic E-state index is 12.3. The van der Waals surface area contributed by atoms with E-state index in [2.05, 4.69) is 26.1 Å². The van der Waals surface area contributed by atoms with Gasteiger partial charge in [0.2, 0.25) is 5.91 Å². The van der Waals surface area contributed by atoms with Crippen LogP contribution in [0.5, 0.6) is 0 Å². The average Bonchev–Trinajstić information content (AvgIpc) is 2.51. The van der Waals surface area contributed by atoms with Gasteiger partial charge in [-0.25, -0.2) is 0 Å². The van der Waals surface area contributed by atoms with Crippen molar-refractivity contribution in [2.45, 2.75) is 17.7 Å². The van der Waals surface area contributed by atoms with Gasteiger partial charge in [-0.05, 0) is 44.0 Å². The van der Waals surface area contributed by atoms with Gasteiger partial charge >= 0.3 is 0 Å². The van der Waals surface area contributed by atoms with Crippen LogP contribution < -0.4 is 5.32 Å². The SMILES string of the molecule is CN(C)C[C@@H]1CCS[C@H](c2ccc(Br)cc2)C(=O)N1. The molecule has 0 bridgehead atoms. The number of rotatable bonds is 3. The molecule has 1 aliphatic heterocycles. The predicted octanol–water partition coefficient (Wildman–Crippen LogP) is 2.67. The second kappa shape index (κ2) is 6.77. The Morgan fingerprint density at radius 1 is 1.37 bits per heavy atom. The van der Waals surface area contributed by atoms with Gasteiger partial charge in [0.15, 0.2) is 0 Å². The van der Waals surface area contributed by atoms with Gasteiger partial charge < -0.3 is 10.2 Å². The molecule has 3 nitrogen and oxygen atoms in total. The third kappa shape index (κ3) is 4.23. The quantitative estimate of drug-likeness (QED) is 0.916. The van der Waals surface area contributed by atoms with Crippen LogP contribution in [0.4, 0.5) is 0 Å². The Morgan fingerprint density at radius 2 is 2.05 bits per heavy atom. The van der Waals surface area contributed by atoms with Crippen molar-refractivity contribution in [3.8, 4) is 0 Å². The predicted molar refractivity (Wildman–Crippen MR) is 84.4 cm³/mol. The van der Waals surface area contributed by atoms with Crippen molar-refractivity contribution in [3.05, 3.63) is 34.3 Å². The first-order chi connectivity index (χ1) is 9.06. The van der Waals surface area contributed by atoms with Crippen molar-refractivity contribution in [2.75, 3.05) is 26.4 Å². The molecule has 1 amide bonds. The summed E-state index contributed by atoms with van der Waals surface area (Å²) in [5.41, 5.74) is 1.08. The van der Waals surface area contributed by atoms with Crippen LogP contribution in [0.25, 0.3) is 0 Å². The maximum absolute atomic E-state index is 12.3. The highest BCUT2D eigenvalue weighted by atomic mass is 79.9. The second-order valence-corrected chi connectivity index (χ2v) is 7.19. The number of halogens is 1. The van der Waals surface area contributed by atoms with Gasteiger partial charge in [0.25, 0.3) is 0 Å². The lowest BCUT2D eigenvalue weighted by Crippen LogP contribution is -2.41. The van der Waals surface area contributed by atoms with E-state index in [9.17, 15) is 4.79 Å². The summed E-state index contributed by atoms with van der Waals surface area (Å²) < 4.78 is 1.04. The largest absolute Gasteiger partial charge is 0.351 e. The van der Waals surface area contributed by atoms with Crippen molar-refractivity contribution in [2.24, 2.45) is 0 Å². The molecule has 2 rings (SSSR count). The third-order valence-electron chi connectivity index (χ3n) is 3.09. The first kappa shape index (κ1) is 14.9. The summed E-state index contributed by atoms with van der Waals surface area (Å²) in [6.07, 6.45) is 1.03. The van der Waals surface area contributed by atoms with Crippen LogP contribution in [0.3, 0.4) is 0 Å². The van der Waals surface area contributed by atoms with E-state index < -0.39 is 0 Å². The Hall–Kier alpha value is -0.520. The molecule has 1 heterocycles. The molecule has 1 aliphatic rings. The molecular formula is C14H19BrN2OS. The van der Waals surface area contributed by atoms with E-state index in [1.807, 2.05) is 38.4 Å². The number of benzene rings is 1. The molecule has 0 aromatic heterocycles. The molecule has 2 atom stereocenters. The summed E-state index contributed by atoms with van der Waals surface area (Å²) in [6, 6.07) is 8.29. The number of nitrogens with zero attached hydrogens (tertiary/aromatic N) is 1. The standard InChI is InChI=1S/C14H19BrN2OS/c1-17(2)9-12-7-8-19-13(14(18)16-12)10-3-5-11(15)6-4-10/h3-6,12-13H,7-9H2,1-2H3,(H,16,18)/t12-,13+/m0/s1. The minimum absolute atomic E-state index is 0.0831. The number of hydrogen-bond acceptors (Lipinski definition) is 3. The maximum Gasteiger partial charge on any atom is 0.237 e. The van der Waals surface area contributed by atoms with E-state index in [4.69, 9.17) is 0 Å². The number of thioether (sulfide) groups is 1. The minimum atomic E-state index is -0.0831. The molecule has 1 fully saturated rings. The second-order valence-electron chi connectivity index (χ2n) is 5.06. The van der Waals surface area contributed by atoms with Crippen molar-refractivity contribution in [1.82, 2.24) is 10.2 Å². The fourth-order valence-electron chi connectivity index (χ4n) is 2.22. The lowest BCUT2D eigenvalue weighted by molar-refractivity contribution is -0.121. The highest BCUT2D eigenvalue weighted by Gasteiger charge is 2.27. The molecule has 1 N–H and O–H groups in total. The Kier molecular flexibility index (Phi) is 5.30. The van der Waals surface area contributed by atoms with E-state index in [0.717, 1.165) is 28.8 Å². The summed E-state index contributed by atoms with van der Waals surface area (Å²) in [5.74, 6) is 1.15. The Morgan fingerprint density at radius 3 is 2.68 bits per heavy atom. The summed E-state index contributed by atoms with van der Waals surface area (Å²) in [5, 5.41) is 3.08. The fourth-order valence-corrected chi connectivity index (χ4v) is 3.71. The van der Waals surface area contributed by atoms with Crippen LogP contribution in [0.2, 0.25) is 0 Å². The molecule has 0 spiro atoms. The van der Waals surface area contributed by atoms with Crippen LogP contribution in [-0.2, 0) is 4.79 Å². The van der Waals surface area contributed by atoms with Crippen LogP contribution in [0, 0.1) is 0 Å². The fraction of sp³-hybridized carbons (Fsp3) is 0.500. The summed E-state index contributed by atoms with van der Waals surface area (Å²) in [7, 11) is 4.08. The van der Waals surface area contributed by atoms with Gasteiger partial charge in [-0.15, -0.1) is 11.8 Å². The smallest absolute Gasteiger partial charge is 0.237 e. The molecule has 1 aromatic rings. The van der Waals surface area contributed by atoms with Crippen LogP contribution in [-0.4, -0.2) is 43.2 Å². The first-order valence-corrected chi connectivity index (χ1v) is 8.22. The summed E-state index contributed by atoms with van der Waals surface area (Å²) >= 11 is 5.16. The molecule has 0 saturated carbocycles. The van der Waals surface area contributed by atoms with E-state index >= 15 is 0 Å². The van der Waals surface area contributed by atoms with Crippen LogP contribution in [0.15, 0.2) is 28.7 Å². The highest BCUT2D eigenvalue weighted by molar-refractivity contribution is 9.10. The zero-order valence-corrected chi connectivity index (χ0v) is 13.6. The zero-order valence-electron chi connectivity index (χ0n) is 11.2. The van der Waals surface area contributed by atoms with Gasteiger partial charge in [-0.3, -0.25) is 4.79 Å². The first-order valence-electron chi connectivity index (χ1n) is 6.38. The third-order valence-corrected chi connectivity index (χ3v) is 4.91. The van der Waals surface area contributed by atoms with Crippen molar-refractivity contribution >= 4 is 33.6 Å². The normalized spacial score (nSPS) is 24.1. The zero-order chi connectivity index (χ0) is 13.8. The highest BCUT2D eigenvalue weighted by Crippen LogP contribution is 2.32.